The minimum absolute atomic E-state index is 0.0185. The van der Waals surface area contributed by atoms with Crippen LogP contribution in [0.2, 0.25) is 5.02 Å². The van der Waals surface area contributed by atoms with Crippen molar-refractivity contribution in [1.82, 2.24) is 24.8 Å². The normalized spacial score (nSPS) is 11.1. The van der Waals surface area contributed by atoms with E-state index < -0.39 is 11.6 Å². The van der Waals surface area contributed by atoms with Gasteiger partial charge in [0.25, 0.3) is 0 Å². The van der Waals surface area contributed by atoms with Gasteiger partial charge in [-0.25, -0.2) is 13.8 Å². The lowest BCUT2D eigenvalue weighted by Crippen LogP contribution is -2.00. The molecule has 1 aromatic carbocycles. The van der Waals surface area contributed by atoms with E-state index in [2.05, 4.69) is 20.2 Å². The van der Waals surface area contributed by atoms with Crippen LogP contribution in [0.3, 0.4) is 0 Å². The van der Waals surface area contributed by atoms with Gasteiger partial charge in [0.05, 0.1) is 16.4 Å². The van der Waals surface area contributed by atoms with Crippen molar-refractivity contribution in [2.75, 3.05) is 0 Å². The Morgan fingerprint density at radius 2 is 1.88 bits per heavy atom. The number of hydrogen-bond donors (Lipinski definition) is 0. The van der Waals surface area contributed by atoms with Gasteiger partial charge in [0, 0.05) is 23.4 Å². The summed E-state index contributed by atoms with van der Waals surface area (Å²) >= 11 is 5.85. The molecule has 0 fully saturated rings. The van der Waals surface area contributed by atoms with Crippen molar-refractivity contribution in [1.29, 1.82) is 0 Å². The fraction of sp³-hybridized carbons (Fsp3) is 0. The van der Waals surface area contributed by atoms with E-state index in [4.69, 9.17) is 11.6 Å². The molecule has 0 atom stereocenters. The zero-order valence-electron chi connectivity index (χ0n) is 12.0. The number of nitrogens with zero attached hydrogens (tertiary/aromatic N) is 5. The maximum atomic E-state index is 14.2. The number of pyridine rings is 1. The van der Waals surface area contributed by atoms with Crippen molar-refractivity contribution in [3.63, 3.8) is 0 Å². The summed E-state index contributed by atoms with van der Waals surface area (Å²) in [5, 5.41) is 8.09. The molecule has 4 rings (SSSR count). The Bertz CT molecular complexity index is 1060. The summed E-state index contributed by atoms with van der Waals surface area (Å²) in [4.78, 5) is 8.10. The molecule has 3 heterocycles. The summed E-state index contributed by atoms with van der Waals surface area (Å²) < 4.78 is 28.7. The van der Waals surface area contributed by atoms with E-state index in [0.29, 0.717) is 22.5 Å². The second-order valence-corrected chi connectivity index (χ2v) is 5.39. The van der Waals surface area contributed by atoms with Gasteiger partial charge in [-0.2, -0.15) is 0 Å². The van der Waals surface area contributed by atoms with E-state index in [-0.39, 0.29) is 10.7 Å². The predicted octanol–water partition coefficient (Wildman–Crippen LogP) is 3.78. The predicted molar refractivity (Wildman–Crippen MR) is 84.4 cm³/mol. The number of benzene rings is 1. The van der Waals surface area contributed by atoms with Crippen molar-refractivity contribution in [3.05, 3.63) is 65.6 Å². The molecule has 0 aliphatic rings. The summed E-state index contributed by atoms with van der Waals surface area (Å²) in [6.07, 6.45) is 2.81. The average Bonchev–Trinajstić information content (AvgIpc) is 3.06. The highest BCUT2D eigenvalue weighted by atomic mass is 35.5. The zero-order chi connectivity index (χ0) is 16.7. The van der Waals surface area contributed by atoms with Crippen LogP contribution in [0.15, 0.2) is 48.9 Å². The molecule has 118 valence electrons. The summed E-state index contributed by atoms with van der Waals surface area (Å²) in [5.74, 6) is -1.07. The second-order valence-electron chi connectivity index (χ2n) is 4.98. The van der Waals surface area contributed by atoms with Crippen molar-refractivity contribution >= 4 is 17.2 Å². The van der Waals surface area contributed by atoms with Gasteiger partial charge in [-0.15, -0.1) is 14.8 Å². The molecule has 0 amide bonds. The third-order valence-corrected chi connectivity index (χ3v) is 3.78. The number of hydrogen-bond acceptors (Lipinski definition) is 4. The first-order valence-electron chi connectivity index (χ1n) is 6.91. The maximum absolute atomic E-state index is 14.2. The summed E-state index contributed by atoms with van der Waals surface area (Å²) in [7, 11) is 0. The average molecular weight is 344 g/mol. The van der Waals surface area contributed by atoms with Crippen LogP contribution in [0.5, 0.6) is 0 Å². The van der Waals surface area contributed by atoms with Crippen LogP contribution in [-0.4, -0.2) is 24.8 Å². The van der Waals surface area contributed by atoms with E-state index in [1.165, 1.54) is 24.5 Å². The first kappa shape index (κ1) is 14.6. The molecule has 24 heavy (non-hydrogen) atoms. The van der Waals surface area contributed by atoms with E-state index in [1.807, 2.05) is 0 Å². The van der Waals surface area contributed by atoms with Gasteiger partial charge in [0.15, 0.2) is 5.82 Å². The number of rotatable bonds is 2. The molecule has 5 nitrogen and oxygen atoms in total. The fourth-order valence-corrected chi connectivity index (χ4v) is 2.58. The van der Waals surface area contributed by atoms with Crippen LogP contribution in [-0.2, 0) is 0 Å². The van der Waals surface area contributed by atoms with Gasteiger partial charge in [-0.1, -0.05) is 11.6 Å². The Morgan fingerprint density at radius 3 is 2.71 bits per heavy atom. The lowest BCUT2D eigenvalue weighted by Gasteiger charge is -2.09. The molecule has 0 aliphatic heterocycles. The van der Waals surface area contributed by atoms with Crippen LogP contribution in [0.1, 0.15) is 0 Å². The van der Waals surface area contributed by atoms with Crippen molar-refractivity contribution in [3.8, 4) is 22.5 Å². The van der Waals surface area contributed by atoms with Gasteiger partial charge in [-0.05, 0) is 30.3 Å². The van der Waals surface area contributed by atoms with Gasteiger partial charge in [0.2, 0.25) is 5.65 Å². The highest BCUT2D eigenvalue weighted by molar-refractivity contribution is 6.31. The molecule has 8 heteroatoms. The van der Waals surface area contributed by atoms with E-state index in [1.54, 1.807) is 24.4 Å². The third kappa shape index (κ3) is 2.39. The van der Waals surface area contributed by atoms with Gasteiger partial charge >= 0.3 is 0 Å². The van der Waals surface area contributed by atoms with Crippen molar-refractivity contribution < 1.29 is 8.78 Å². The monoisotopic (exact) mass is 343 g/mol. The molecule has 0 saturated heterocycles. The first-order valence-corrected chi connectivity index (χ1v) is 7.28. The largest absolute Gasteiger partial charge is 0.256 e. The molecule has 0 N–H and O–H groups in total. The van der Waals surface area contributed by atoms with E-state index >= 15 is 0 Å². The van der Waals surface area contributed by atoms with Crippen LogP contribution in [0, 0.1) is 11.6 Å². The van der Waals surface area contributed by atoms with Gasteiger partial charge in [-0.3, -0.25) is 4.98 Å². The maximum Gasteiger partial charge on any atom is 0.212 e. The standard InChI is InChI=1S/C16H8ClF2N5/c17-11-6-9(3-4-12(11)18)15-10(2-1-5-20-15)14-7-13(19)16-21-8-22-24(16)23-14/h1-8H. The smallest absolute Gasteiger partial charge is 0.212 e. The Balaban J connectivity index is 1.93. The summed E-state index contributed by atoms with van der Waals surface area (Å²) in [5.41, 5.74) is 2.03. The molecule has 0 saturated carbocycles. The van der Waals surface area contributed by atoms with Crippen molar-refractivity contribution in [2.45, 2.75) is 0 Å². The Kier molecular flexibility index (Phi) is 3.42. The van der Waals surface area contributed by atoms with E-state index in [9.17, 15) is 8.78 Å². The molecule has 0 spiro atoms. The second kappa shape index (κ2) is 5.61. The van der Waals surface area contributed by atoms with Gasteiger partial charge in [0.1, 0.15) is 12.1 Å². The topological polar surface area (TPSA) is 56.0 Å². The Labute approximate surface area is 139 Å². The van der Waals surface area contributed by atoms with E-state index in [0.717, 1.165) is 4.63 Å². The lowest BCUT2D eigenvalue weighted by molar-refractivity contribution is 0.617. The van der Waals surface area contributed by atoms with Crippen LogP contribution >= 0.6 is 11.6 Å². The summed E-state index contributed by atoms with van der Waals surface area (Å²) in [6, 6.07) is 8.98. The van der Waals surface area contributed by atoms with Crippen LogP contribution in [0.4, 0.5) is 8.78 Å². The minimum Gasteiger partial charge on any atom is -0.256 e. The lowest BCUT2D eigenvalue weighted by atomic mass is 10.0. The fourth-order valence-electron chi connectivity index (χ4n) is 2.40. The Hall–Kier alpha value is -2.93. The highest BCUT2D eigenvalue weighted by Gasteiger charge is 2.15. The third-order valence-electron chi connectivity index (χ3n) is 3.49. The van der Waals surface area contributed by atoms with Crippen LogP contribution < -0.4 is 0 Å². The van der Waals surface area contributed by atoms with Crippen LogP contribution in [0.25, 0.3) is 28.2 Å². The molecule has 4 aromatic rings. The zero-order valence-corrected chi connectivity index (χ0v) is 12.7. The minimum atomic E-state index is -0.551. The Morgan fingerprint density at radius 1 is 1.00 bits per heavy atom. The quantitative estimate of drug-likeness (QED) is 0.555. The SMILES string of the molecule is Fc1ccc(-c2ncccc2-c2cc(F)c3ncnn3n2)cc1Cl. The number of halogens is 3. The highest BCUT2D eigenvalue weighted by Crippen LogP contribution is 2.31. The summed E-state index contributed by atoms with van der Waals surface area (Å²) in [6.45, 7) is 0. The molecular weight excluding hydrogens is 336 g/mol. The molecule has 0 unspecified atom stereocenters. The first-order chi connectivity index (χ1) is 11.6. The number of aromatic nitrogens is 5. The molecule has 3 aromatic heterocycles. The van der Waals surface area contributed by atoms with Crippen molar-refractivity contribution in [2.24, 2.45) is 0 Å². The number of fused-ring (bicyclic) bond motifs is 1. The van der Waals surface area contributed by atoms with Gasteiger partial charge < -0.3 is 0 Å². The molecular formula is C16H8ClF2N5. The molecule has 0 bridgehead atoms. The molecule has 0 aliphatic carbocycles. The molecule has 0 radical (unpaired) electrons.